The van der Waals surface area contributed by atoms with Crippen molar-refractivity contribution in [2.75, 3.05) is 0 Å². The molecule has 14 heavy (non-hydrogen) atoms. The molecule has 1 aliphatic rings. The van der Waals surface area contributed by atoms with Crippen LogP contribution in [0.4, 0.5) is 0 Å². The third kappa shape index (κ3) is 2.28. The molecule has 1 atom stereocenters. The van der Waals surface area contributed by atoms with E-state index in [-0.39, 0.29) is 5.95 Å². The molecule has 1 heterocycles. The number of carbonyl (C=O) groups is 1. The van der Waals surface area contributed by atoms with E-state index in [9.17, 15) is 4.79 Å². The lowest BCUT2D eigenvalue weighted by Gasteiger charge is -2.21. The van der Waals surface area contributed by atoms with Crippen molar-refractivity contribution in [1.82, 2.24) is 0 Å². The van der Waals surface area contributed by atoms with Crippen LogP contribution in [-0.4, -0.2) is 11.8 Å². The molecule has 1 unspecified atom stereocenters. The molecule has 1 rings (SSSR count). The number of ether oxygens (including phenoxy) is 3. The smallest absolute Gasteiger partial charge is 0.340 e. The van der Waals surface area contributed by atoms with Crippen molar-refractivity contribution in [3.8, 4) is 0 Å². The van der Waals surface area contributed by atoms with Crippen LogP contribution in [0.5, 0.6) is 0 Å². The van der Waals surface area contributed by atoms with Gasteiger partial charge in [0.2, 0.25) is 0 Å². The van der Waals surface area contributed by atoms with Gasteiger partial charge in [-0.3, -0.25) is 0 Å². The highest BCUT2D eigenvalue weighted by Crippen LogP contribution is 2.28. The molecule has 0 aromatic heterocycles. The van der Waals surface area contributed by atoms with Crippen LogP contribution in [0.2, 0.25) is 0 Å². The van der Waals surface area contributed by atoms with Gasteiger partial charge in [-0.15, -0.1) is 0 Å². The first-order valence-electron chi connectivity index (χ1n) is 4.41. The Labute approximate surface area is 83.1 Å². The van der Waals surface area contributed by atoms with Crippen LogP contribution < -0.4 is 0 Å². The molecular weight excluding hydrogens is 184 g/mol. The summed E-state index contributed by atoms with van der Waals surface area (Å²) < 4.78 is 15.3. The zero-order valence-electron chi connectivity index (χ0n) is 8.62. The molecule has 78 valence electrons. The molecule has 0 saturated heterocycles. The topological polar surface area (TPSA) is 44.8 Å². The first-order chi connectivity index (χ1) is 6.47. The Bertz CT molecular complexity index is 292. The van der Waals surface area contributed by atoms with Gasteiger partial charge in [0.05, 0.1) is 0 Å². The second-order valence-electron chi connectivity index (χ2n) is 3.31. The van der Waals surface area contributed by atoms with Crippen LogP contribution in [0.3, 0.4) is 0 Å². The molecule has 4 heteroatoms. The summed E-state index contributed by atoms with van der Waals surface area (Å²) in [5.74, 6) is -1.15. The first-order valence-corrected chi connectivity index (χ1v) is 4.41. The standard InChI is InChI=1S/C10H14O4/c1-5-10(4)12-6-8(14-10)13-9(11)7(2)3/h6H,2,5H2,1,3-4H3. The molecule has 0 spiro atoms. The maximum Gasteiger partial charge on any atom is 0.340 e. The molecule has 1 aliphatic heterocycles. The fourth-order valence-corrected chi connectivity index (χ4v) is 0.813. The maximum atomic E-state index is 11.1. The Morgan fingerprint density at radius 2 is 2.36 bits per heavy atom. The number of hydrogen-bond acceptors (Lipinski definition) is 4. The Kier molecular flexibility index (Phi) is 2.84. The highest BCUT2D eigenvalue weighted by Gasteiger charge is 2.33. The molecule has 0 aliphatic carbocycles. The second kappa shape index (κ2) is 3.74. The minimum Gasteiger partial charge on any atom is -0.453 e. The Hall–Kier alpha value is -1.45. The SMILES string of the molecule is C=C(C)C(=O)OC1=COC(C)(CC)O1. The monoisotopic (exact) mass is 198 g/mol. The van der Waals surface area contributed by atoms with Gasteiger partial charge in [0.25, 0.3) is 5.79 Å². The van der Waals surface area contributed by atoms with Crippen LogP contribution >= 0.6 is 0 Å². The third-order valence-electron chi connectivity index (χ3n) is 1.90. The molecule has 0 amide bonds. The van der Waals surface area contributed by atoms with Crippen LogP contribution in [-0.2, 0) is 19.0 Å². The quantitative estimate of drug-likeness (QED) is 0.514. The number of hydrogen-bond donors (Lipinski definition) is 0. The van der Waals surface area contributed by atoms with Crippen molar-refractivity contribution in [1.29, 1.82) is 0 Å². The highest BCUT2D eigenvalue weighted by molar-refractivity contribution is 5.87. The zero-order valence-corrected chi connectivity index (χ0v) is 8.62. The predicted octanol–water partition coefficient (Wildman–Crippen LogP) is 2.08. The maximum absolute atomic E-state index is 11.1. The van der Waals surface area contributed by atoms with Gasteiger partial charge < -0.3 is 14.2 Å². The highest BCUT2D eigenvalue weighted by atomic mass is 16.8. The van der Waals surface area contributed by atoms with Crippen molar-refractivity contribution in [3.05, 3.63) is 24.4 Å². The van der Waals surface area contributed by atoms with Gasteiger partial charge in [-0.25, -0.2) is 4.79 Å². The number of esters is 1. The summed E-state index contributed by atoms with van der Waals surface area (Å²) in [4.78, 5) is 11.1. The van der Waals surface area contributed by atoms with E-state index >= 15 is 0 Å². The summed E-state index contributed by atoms with van der Waals surface area (Å²) in [6.45, 7) is 8.71. The molecular formula is C10H14O4. The number of carbonyl (C=O) groups excluding carboxylic acids is 1. The predicted molar refractivity (Wildman–Crippen MR) is 49.9 cm³/mol. The fourth-order valence-electron chi connectivity index (χ4n) is 0.813. The van der Waals surface area contributed by atoms with Crippen molar-refractivity contribution in [3.63, 3.8) is 0 Å². The lowest BCUT2D eigenvalue weighted by atomic mass is 10.2. The van der Waals surface area contributed by atoms with E-state index < -0.39 is 11.8 Å². The summed E-state index contributed by atoms with van der Waals surface area (Å²) in [5.41, 5.74) is 0.319. The molecule has 0 fully saturated rings. The van der Waals surface area contributed by atoms with Gasteiger partial charge in [-0.05, 0) is 6.92 Å². The molecule has 0 saturated carbocycles. The summed E-state index contributed by atoms with van der Waals surface area (Å²) >= 11 is 0. The number of rotatable bonds is 3. The van der Waals surface area contributed by atoms with Gasteiger partial charge >= 0.3 is 11.9 Å². The molecule has 0 aromatic rings. The van der Waals surface area contributed by atoms with Crippen LogP contribution in [0.25, 0.3) is 0 Å². The summed E-state index contributed by atoms with van der Waals surface area (Å²) in [7, 11) is 0. The van der Waals surface area contributed by atoms with Gasteiger partial charge in [-0.1, -0.05) is 13.5 Å². The average Bonchev–Trinajstić information content (AvgIpc) is 2.48. The van der Waals surface area contributed by atoms with E-state index in [1.165, 1.54) is 6.26 Å². The minimum atomic E-state index is -0.718. The largest absolute Gasteiger partial charge is 0.453 e. The molecule has 0 aromatic carbocycles. The molecule has 4 nitrogen and oxygen atoms in total. The summed E-state index contributed by atoms with van der Waals surface area (Å²) in [5, 5.41) is 0. The summed E-state index contributed by atoms with van der Waals surface area (Å²) in [6.07, 6.45) is 1.96. The lowest BCUT2D eigenvalue weighted by Crippen LogP contribution is -2.25. The van der Waals surface area contributed by atoms with Crippen molar-refractivity contribution in [2.45, 2.75) is 33.0 Å². The van der Waals surface area contributed by atoms with E-state index in [4.69, 9.17) is 14.2 Å². The molecule has 0 N–H and O–H groups in total. The van der Waals surface area contributed by atoms with E-state index in [1.807, 2.05) is 6.92 Å². The van der Waals surface area contributed by atoms with E-state index in [0.717, 1.165) is 0 Å². The Balaban J connectivity index is 2.51. The van der Waals surface area contributed by atoms with Gasteiger partial charge in [0, 0.05) is 18.9 Å². The van der Waals surface area contributed by atoms with E-state index in [2.05, 4.69) is 6.58 Å². The third-order valence-corrected chi connectivity index (χ3v) is 1.90. The van der Waals surface area contributed by atoms with Gasteiger partial charge in [-0.2, -0.15) is 0 Å². The Morgan fingerprint density at radius 1 is 1.71 bits per heavy atom. The van der Waals surface area contributed by atoms with Crippen LogP contribution in [0, 0.1) is 0 Å². The van der Waals surface area contributed by atoms with Gasteiger partial charge in [0.1, 0.15) is 0 Å². The lowest BCUT2D eigenvalue weighted by molar-refractivity contribution is -0.167. The fraction of sp³-hybridized carbons (Fsp3) is 0.500. The van der Waals surface area contributed by atoms with E-state index in [1.54, 1.807) is 13.8 Å². The molecule has 0 radical (unpaired) electrons. The van der Waals surface area contributed by atoms with Crippen molar-refractivity contribution in [2.24, 2.45) is 0 Å². The summed E-state index contributed by atoms with van der Waals surface area (Å²) in [6, 6.07) is 0. The second-order valence-corrected chi connectivity index (χ2v) is 3.31. The Morgan fingerprint density at radius 3 is 2.79 bits per heavy atom. The van der Waals surface area contributed by atoms with Crippen LogP contribution in [0.1, 0.15) is 27.2 Å². The normalized spacial score (nSPS) is 24.6. The zero-order chi connectivity index (χ0) is 10.8. The van der Waals surface area contributed by atoms with Gasteiger partial charge in [0.15, 0.2) is 6.26 Å². The van der Waals surface area contributed by atoms with E-state index in [0.29, 0.717) is 12.0 Å². The molecule has 0 bridgehead atoms. The van der Waals surface area contributed by atoms with Crippen LogP contribution in [0.15, 0.2) is 24.4 Å². The minimum absolute atomic E-state index is 0.0855. The average molecular weight is 198 g/mol. The first kappa shape index (κ1) is 10.6. The van der Waals surface area contributed by atoms with Crippen molar-refractivity contribution >= 4 is 5.97 Å². The van der Waals surface area contributed by atoms with Crippen molar-refractivity contribution < 1.29 is 19.0 Å².